The fourth-order valence-corrected chi connectivity index (χ4v) is 5.25. The molecule has 0 N–H and O–H groups in total. The standard InChI is InChI=1S/C27H23NS/c1-18(2)15-19-13-14-28-25(16-19)21-11-12-26-24(17-21)23-10-6-9-22(27(23)29-26)20-7-4-3-5-8-20/h3-14,16-18H,15H2,1-2H3. The molecule has 0 saturated carbocycles. The van der Waals surface area contributed by atoms with E-state index in [9.17, 15) is 0 Å². The number of hydrogen-bond donors (Lipinski definition) is 0. The van der Waals surface area contributed by atoms with Gasteiger partial charge in [-0.2, -0.15) is 0 Å². The zero-order chi connectivity index (χ0) is 19.8. The Morgan fingerprint density at radius 3 is 2.48 bits per heavy atom. The highest BCUT2D eigenvalue weighted by atomic mass is 32.1. The number of benzene rings is 3. The fraction of sp³-hybridized carbons (Fsp3) is 0.148. The molecule has 0 aliphatic carbocycles. The number of aromatic nitrogens is 1. The first kappa shape index (κ1) is 18.1. The van der Waals surface area contributed by atoms with Crippen molar-refractivity contribution in [1.82, 2.24) is 4.98 Å². The van der Waals surface area contributed by atoms with Gasteiger partial charge in [0.1, 0.15) is 0 Å². The first-order valence-corrected chi connectivity index (χ1v) is 11.0. The van der Waals surface area contributed by atoms with Gasteiger partial charge in [-0.25, -0.2) is 0 Å². The molecule has 29 heavy (non-hydrogen) atoms. The average molecular weight is 394 g/mol. The smallest absolute Gasteiger partial charge is 0.0704 e. The summed E-state index contributed by atoms with van der Waals surface area (Å²) in [4.78, 5) is 4.66. The van der Waals surface area contributed by atoms with Crippen molar-refractivity contribution in [3.63, 3.8) is 0 Å². The second-order valence-electron chi connectivity index (χ2n) is 8.01. The van der Waals surface area contributed by atoms with E-state index in [2.05, 4.69) is 97.7 Å². The molecule has 0 aliphatic rings. The number of rotatable bonds is 4. The molecular formula is C27H23NS. The Balaban J connectivity index is 1.65. The van der Waals surface area contributed by atoms with Gasteiger partial charge in [0.15, 0.2) is 0 Å². The topological polar surface area (TPSA) is 12.9 Å². The zero-order valence-corrected chi connectivity index (χ0v) is 17.5. The highest BCUT2D eigenvalue weighted by Gasteiger charge is 2.12. The van der Waals surface area contributed by atoms with Crippen LogP contribution in [0.5, 0.6) is 0 Å². The van der Waals surface area contributed by atoms with Crippen molar-refractivity contribution in [3.8, 4) is 22.4 Å². The van der Waals surface area contributed by atoms with Gasteiger partial charge in [-0.3, -0.25) is 4.98 Å². The molecular weight excluding hydrogens is 370 g/mol. The predicted octanol–water partition coefficient (Wildman–Crippen LogP) is 7.98. The second kappa shape index (κ2) is 7.46. The van der Waals surface area contributed by atoms with Crippen LogP contribution in [0.1, 0.15) is 19.4 Å². The van der Waals surface area contributed by atoms with E-state index in [0.717, 1.165) is 12.1 Å². The van der Waals surface area contributed by atoms with Crippen LogP contribution in [0, 0.1) is 5.92 Å². The SMILES string of the molecule is CC(C)Cc1ccnc(-c2ccc3sc4c(-c5ccccc5)cccc4c3c2)c1. The lowest BCUT2D eigenvalue weighted by Gasteiger charge is -2.07. The third-order valence-corrected chi connectivity index (χ3v) is 6.57. The Morgan fingerprint density at radius 2 is 1.66 bits per heavy atom. The zero-order valence-electron chi connectivity index (χ0n) is 16.7. The molecule has 0 amide bonds. The van der Waals surface area contributed by atoms with E-state index in [4.69, 9.17) is 0 Å². The third kappa shape index (κ3) is 3.45. The van der Waals surface area contributed by atoms with E-state index in [1.165, 1.54) is 42.4 Å². The molecule has 0 atom stereocenters. The molecule has 5 aromatic rings. The monoisotopic (exact) mass is 393 g/mol. The van der Waals surface area contributed by atoms with Crippen molar-refractivity contribution < 1.29 is 0 Å². The first-order valence-electron chi connectivity index (χ1n) is 10.1. The molecule has 0 aliphatic heterocycles. The minimum atomic E-state index is 0.643. The van der Waals surface area contributed by atoms with E-state index in [1.807, 2.05) is 17.5 Å². The number of nitrogens with zero attached hydrogens (tertiary/aromatic N) is 1. The Hall–Kier alpha value is -2.97. The van der Waals surface area contributed by atoms with Gasteiger partial charge >= 0.3 is 0 Å². The first-order chi connectivity index (χ1) is 14.2. The van der Waals surface area contributed by atoms with Crippen LogP contribution in [-0.4, -0.2) is 4.98 Å². The molecule has 0 unspecified atom stereocenters. The highest BCUT2D eigenvalue weighted by Crippen LogP contribution is 2.41. The lowest BCUT2D eigenvalue weighted by molar-refractivity contribution is 0.647. The van der Waals surface area contributed by atoms with Crippen molar-refractivity contribution in [2.24, 2.45) is 5.92 Å². The Morgan fingerprint density at radius 1 is 0.793 bits per heavy atom. The number of thiophene rings is 1. The maximum atomic E-state index is 4.66. The molecule has 0 bridgehead atoms. The molecule has 0 saturated heterocycles. The van der Waals surface area contributed by atoms with Crippen LogP contribution in [0.2, 0.25) is 0 Å². The lowest BCUT2D eigenvalue weighted by atomic mass is 10.00. The normalized spacial score (nSPS) is 11.6. The minimum Gasteiger partial charge on any atom is -0.256 e. The third-order valence-electron chi connectivity index (χ3n) is 5.35. The molecule has 0 fully saturated rings. The van der Waals surface area contributed by atoms with Crippen molar-refractivity contribution in [2.45, 2.75) is 20.3 Å². The van der Waals surface area contributed by atoms with Crippen LogP contribution < -0.4 is 0 Å². The predicted molar refractivity (Wildman–Crippen MR) is 127 cm³/mol. The van der Waals surface area contributed by atoms with Gasteiger partial charge in [-0.15, -0.1) is 11.3 Å². The summed E-state index contributed by atoms with van der Waals surface area (Å²) in [6.45, 7) is 4.52. The highest BCUT2D eigenvalue weighted by molar-refractivity contribution is 7.26. The summed E-state index contributed by atoms with van der Waals surface area (Å²) in [7, 11) is 0. The summed E-state index contributed by atoms with van der Waals surface area (Å²) in [5.41, 5.74) is 6.18. The minimum absolute atomic E-state index is 0.643. The van der Waals surface area contributed by atoms with Crippen LogP contribution >= 0.6 is 11.3 Å². The second-order valence-corrected chi connectivity index (χ2v) is 9.06. The summed E-state index contributed by atoms with van der Waals surface area (Å²) < 4.78 is 2.68. The van der Waals surface area contributed by atoms with E-state index in [1.54, 1.807) is 0 Å². The number of pyridine rings is 1. The summed E-state index contributed by atoms with van der Waals surface area (Å²) in [6, 6.07) is 28.4. The molecule has 2 heterocycles. The Labute approximate surface area is 175 Å². The molecule has 2 heteroatoms. The quantitative estimate of drug-likeness (QED) is 0.301. The fourth-order valence-electron chi connectivity index (χ4n) is 4.03. The van der Waals surface area contributed by atoms with Gasteiger partial charge in [0, 0.05) is 31.9 Å². The van der Waals surface area contributed by atoms with Crippen LogP contribution in [0.25, 0.3) is 42.6 Å². The summed E-state index contributed by atoms with van der Waals surface area (Å²) >= 11 is 1.88. The largest absolute Gasteiger partial charge is 0.256 e. The van der Waals surface area contributed by atoms with Crippen molar-refractivity contribution >= 4 is 31.5 Å². The van der Waals surface area contributed by atoms with Crippen LogP contribution in [0.4, 0.5) is 0 Å². The Kier molecular flexibility index (Phi) is 4.65. The molecule has 142 valence electrons. The van der Waals surface area contributed by atoms with Gasteiger partial charge in [0.25, 0.3) is 0 Å². The van der Waals surface area contributed by atoms with E-state index in [-0.39, 0.29) is 0 Å². The maximum Gasteiger partial charge on any atom is 0.0704 e. The van der Waals surface area contributed by atoms with Crippen molar-refractivity contribution in [3.05, 3.63) is 90.6 Å². The van der Waals surface area contributed by atoms with E-state index >= 15 is 0 Å². The molecule has 1 nitrogen and oxygen atoms in total. The molecule has 0 spiro atoms. The number of hydrogen-bond acceptors (Lipinski definition) is 2. The lowest BCUT2D eigenvalue weighted by Crippen LogP contribution is -1.95. The van der Waals surface area contributed by atoms with Gasteiger partial charge < -0.3 is 0 Å². The van der Waals surface area contributed by atoms with E-state index in [0.29, 0.717) is 5.92 Å². The summed E-state index contributed by atoms with van der Waals surface area (Å²) in [5.74, 6) is 0.643. The Bertz CT molecular complexity index is 1300. The van der Waals surface area contributed by atoms with E-state index < -0.39 is 0 Å². The maximum absolute atomic E-state index is 4.66. The van der Waals surface area contributed by atoms with Crippen LogP contribution in [0.3, 0.4) is 0 Å². The molecule has 3 aromatic carbocycles. The van der Waals surface area contributed by atoms with Gasteiger partial charge in [-0.05, 0) is 53.3 Å². The molecule has 2 aromatic heterocycles. The molecule has 5 rings (SSSR count). The number of fused-ring (bicyclic) bond motifs is 3. The van der Waals surface area contributed by atoms with Crippen molar-refractivity contribution in [1.29, 1.82) is 0 Å². The summed E-state index contributed by atoms with van der Waals surface area (Å²) in [6.07, 6.45) is 3.02. The average Bonchev–Trinajstić information content (AvgIpc) is 3.12. The molecule has 0 radical (unpaired) electrons. The summed E-state index contributed by atoms with van der Waals surface area (Å²) in [5, 5.41) is 2.64. The van der Waals surface area contributed by atoms with Gasteiger partial charge in [0.05, 0.1) is 5.69 Å². The van der Waals surface area contributed by atoms with Gasteiger partial charge in [0.2, 0.25) is 0 Å². The van der Waals surface area contributed by atoms with Crippen molar-refractivity contribution in [2.75, 3.05) is 0 Å². The van der Waals surface area contributed by atoms with Crippen LogP contribution in [0.15, 0.2) is 85.1 Å². The van der Waals surface area contributed by atoms with Crippen LogP contribution in [-0.2, 0) is 6.42 Å². The van der Waals surface area contributed by atoms with Gasteiger partial charge in [-0.1, -0.05) is 68.4 Å².